The third kappa shape index (κ3) is 2.72. The van der Waals surface area contributed by atoms with Gasteiger partial charge in [-0.1, -0.05) is 45.0 Å². The molecular formula is C19H20N2O2. The molecule has 0 unspecified atom stereocenters. The molecule has 0 fully saturated rings. The van der Waals surface area contributed by atoms with Gasteiger partial charge in [-0.2, -0.15) is 0 Å². The quantitative estimate of drug-likeness (QED) is 0.767. The van der Waals surface area contributed by atoms with E-state index in [0.717, 1.165) is 11.1 Å². The fourth-order valence-electron chi connectivity index (χ4n) is 2.76. The molecule has 118 valence electrons. The van der Waals surface area contributed by atoms with E-state index in [0.29, 0.717) is 11.3 Å². The molecule has 0 saturated heterocycles. The predicted octanol–water partition coefficient (Wildman–Crippen LogP) is 4.31. The zero-order chi connectivity index (χ0) is 16.8. The zero-order valence-corrected chi connectivity index (χ0v) is 13.8. The molecule has 0 saturated carbocycles. The fourth-order valence-corrected chi connectivity index (χ4v) is 2.76. The molecule has 23 heavy (non-hydrogen) atoms. The van der Waals surface area contributed by atoms with Crippen molar-refractivity contribution in [3.05, 3.63) is 59.5 Å². The van der Waals surface area contributed by atoms with Crippen LogP contribution < -0.4 is 0 Å². The highest BCUT2D eigenvalue weighted by atomic mass is 16.4. The number of carbonyl (C=O) groups is 1. The Balaban J connectivity index is 2.06. The summed E-state index contributed by atoms with van der Waals surface area (Å²) < 4.78 is 1.62. The first-order valence-electron chi connectivity index (χ1n) is 7.60. The van der Waals surface area contributed by atoms with Crippen molar-refractivity contribution in [2.45, 2.75) is 33.1 Å². The van der Waals surface area contributed by atoms with Crippen molar-refractivity contribution in [2.75, 3.05) is 0 Å². The van der Waals surface area contributed by atoms with Crippen LogP contribution in [0.15, 0.2) is 42.6 Å². The number of pyridine rings is 1. The number of carboxylic acid groups (broad SMARTS) is 1. The minimum atomic E-state index is -0.961. The summed E-state index contributed by atoms with van der Waals surface area (Å²) in [5, 5.41) is 9.28. The molecule has 0 aliphatic carbocycles. The Morgan fingerprint density at radius 2 is 1.74 bits per heavy atom. The lowest BCUT2D eigenvalue weighted by atomic mass is 9.86. The number of benzene rings is 1. The van der Waals surface area contributed by atoms with E-state index in [4.69, 9.17) is 0 Å². The fraction of sp³-hybridized carbons (Fsp3) is 0.263. The maximum atomic E-state index is 11.3. The summed E-state index contributed by atoms with van der Waals surface area (Å²) in [6, 6.07) is 12.3. The van der Waals surface area contributed by atoms with Crippen LogP contribution in [-0.4, -0.2) is 20.5 Å². The Morgan fingerprint density at radius 3 is 2.30 bits per heavy atom. The summed E-state index contributed by atoms with van der Waals surface area (Å²) in [5.74, 6) is -0.961. The molecule has 4 nitrogen and oxygen atoms in total. The highest BCUT2D eigenvalue weighted by Gasteiger charge is 2.16. The van der Waals surface area contributed by atoms with Gasteiger partial charge in [-0.05, 0) is 41.2 Å². The third-order valence-corrected chi connectivity index (χ3v) is 4.09. The Morgan fingerprint density at radius 1 is 1.09 bits per heavy atom. The van der Waals surface area contributed by atoms with Crippen LogP contribution in [0.4, 0.5) is 0 Å². The number of fused-ring (bicyclic) bond motifs is 1. The Bertz CT molecular complexity index is 884. The molecule has 0 aliphatic rings. The standard InChI is InChI=1S/C19H20N2O2/c1-12-17(18(22)23)21-10-9-14(11-16(21)20-12)13-5-7-15(8-6-13)19(2,3)4/h5-11H,1-4H3,(H,22,23). The number of nitrogens with zero attached hydrogens (tertiary/aromatic N) is 2. The van der Waals surface area contributed by atoms with E-state index < -0.39 is 5.97 Å². The number of aryl methyl sites for hydroxylation is 1. The molecule has 0 atom stereocenters. The molecule has 0 bridgehead atoms. The molecule has 3 aromatic rings. The van der Waals surface area contributed by atoms with E-state index in [1.54, 1.807) is 17.5 Å². The molecule has 0 radical (unpaired) electrons. The van der Waals surface area contributed by atoms with Crippen molar-refractivity contribution >= 4 is 11.6 Å². The number of carboxylic acids is 1. The molecule has 2 aromatic heterocycles. The van der Waals surface area contributed by atoms with Crippen molar-refractivity contribution in [2.24, 2.45) is 0 Å². The zero-order valence-electron chi connectivity index (χ0n) is 13.8. The summed E-state index contributed by atoms with van der Waals surface area (Å²) in [7, 11) is 0. The van der Waals surface area contributed by atoms with Crippen LogP contribution >= 0.6 is 0 Å². The Kier molecular flexibility index (Phi) is 3.48. The maximum absolute atomic E-state index is 11.3. The lowest BCUT2D eigenvalue weighted by Crippen LogP contribution is -2.10. The van der Waals surface area contributed by atoms with Gasteiger partial charge in [0.2, 0.25) is 0 Å². The van der Waals surface area contributed by atoms with Crippen molar-refractivity contribution in [3.8, 4) is 11.1 Å². The molecule has 1 aromatic carbocycles. The van der Waals surface area contributed by atoms with Gasteiger partial charge in [0.05, 0.1) is 5.69 Å². The monoisotopic (exact) mass is 308 g/mol. The van der Waals surface area contributed by atoms with Gasteiger partial charge in [-0.15, -0.1) is 0 Å². The smallest absolute Gasteiger partial charge is 0.354 e. The number of rotatable bonds is 2. The van der Waals surface area contributed by atoms with E-state index in [1.807, 2.05) is 12.1 Å². The van der Waals surface area contributed by atoms with Crippen LogP contribution in [0, 0.1) is 6.92 Å². The van der Waals surface area contributed by atoms with Gasteiger partial charge < -0.3 is 5.11 Å². The van der Waals surface area contributed by atoms with Crippen LogP contribution in [0.5, 0.6) is 0 Å². The minimum absolute atomic E-state index is 0.124. The van der Waals surface area contributed by atoms with Gasteiger partial charge in [0.1, 0.15) is 5.65 Å². The summed E-state index contributed by atoms with van der Waals surface area (Å²) in [6.45, 7) is 8.28. The second kappa shape index (κ2) is 5.23. The van der Waals surface area contributed by atoms with Crippen molar-refractivity contribution < 1.29 is 9.90 Å². The van der Waals surface area contributed by atoms with Gasteiger partial charge in [-0.25, -0.2) is 9.78 Å². The second-order valence-electron chi connectivity index (χ2n) is 6.82. The van der Waals surface area contributed by atoms with Crippen LogP contribution in [0.1, 0.15) is 42.5 Å². The topological polar surface area (TPSA) is 54.6 Å². The minimum Gasteiger partial charge on any atom is -0.477 e. The molecule has 0 amide bonds. The van der Waals surface area contributed by atoms with E-state index in [2.05, 4.69) is 50.0 Å². The third-order valence-electron chi connectivity index (χ3n) is 4.09. The Labute approximate surface area is 135 Å². The van der Waals surface area contributed by atoms with E-state index in [-0.39, 0.29) is 11.1 Å². The normalized spacial score (nSPS) is 11.8. The van der Waals surface area contributed by atoms with Crippen molar-refractivity contribution in [1.82, 2.24) is 9.38 Å². The van der Waals surface area contributed by atoms with Gasteiger partial charge in [0.25, 0.3) is 0 Å². The highest BCUT2D eigenvalue weighted by Crippen LogP contribution is 2.27. The van der Waals surface area contributed by atoms with E-state index >= 15 is 0 Å². The molecule has 0 spiro atoms. The van der Waals surface area contributed by atoms with Gasteiger partial charge >= 0.3 is 5.97 Å². The average Bonchev–Trinajstić information content (AvgIpc) is 2.81. The molecule has 3 rings (SSSR count). The lowest BCUT2D eigenvalue weighted by Gasteiger charge is -2.19. The first-order valence-corrected chi connectivity index (χ1v) is 7.60. The van der Waals surface area contributed by atoms with E-state index in [9.17, 15) is 9.90 Å². The van der Waals surface area contributed by atoms with Gasteiger partial charge in [0.15, 0.2) is 5.69 Å². The largest absolute Gasteiger partial charge is 0.477 e. The maximum Gasteiger partial charge on any atom is 0.354 e. The van der Waals surface area contributed by atoms with Gasteiger partial charge in [-0.3, -0.25) is 4.40 Å². The molecule has 0 aliphatic heterocycles. The van der Waals surface area contributed by atoms with Crippen LogP contribution in [0.3, 0.4) is 0 Å². The number of aromatic carboxylic acids is 1. The summed E-state index contributed by atoms with van der Waals surface area (Å²) >= 11 is 0. The second-order valence-corrected chi connectivity index (χ2v) is 6.82. The number of hydrogen-bond acceptors (Lipinski definition) is 2. The molecule has 1 N–H and O–H groups in total. The van der Waals surface area contributed by atoms with Crippen molar-refractivity contribution in [1.29, 1.82) is 0 Å². The number of aromatic nitrogens is 2. The molecular weight excluding hydrogens is 288 g/mol. The van der Waals surface area contributed by atoms with E-state index in [1.165, 1.54) is 5.56 Å². The number of imidazole rings is 1. The molecule has 2 heterocycles. The first kappa shape index (κ1) is 15.3. The SMILES string of the molecule is Cc1nc2cc(-c3ccc(C(C)(C)C)cc3)ccn2c1C(=O)O. The number of hydrogen-bond donors (Lipinski definition) is 1. The first-order chi connectivity index (χ1) is 10.8. The summed E-state index contributed by atoms with van der Waals surface area (Å²) in [6.07, 6.45) is 1.77. The van der Waals surface area contributed by atoms with Crippen LogP contribution in [0.2, 0.25) is 0 Å². The average molecular weight is 308 g/mol. The molecule has 4 heteroatoms. The summed E-state index contributed by atoms with van der Waals surface area (Å²) in [5.41, 5.74) is 4.92. The lowest BCUT2D eigenvalue weighted by molar-refractivity contribution is 0.0688. The Hall–Kier alpha value is -2.62. The van der Waals surface area contributed by atoms with Crippen molar-refractivity contribution in [3.63, 3.8) is 0 Å². The summed E-state index contributed by atoms with van der Waals surface area (Å²) in [4.78, 5) is 15.7. The van der Waals surface area contributed by atoms with Crippen LogP contribution in [-0.2, 0) is 5.41 Å². The van der Waals surface area contributed by atoms with Gasteiger partial charge in [0, 0.05) is 6.20 Å². The highest BCUT2D eigenvalue weighted by molar-refractivity contribution is 5.88. The predicted molar refractivity (Wildman–Crippen MR) is 91.0 cm³/mol. The van der Waals surface area contributed by atoms with Crippen LogP contribution in [0.25, 0.3) is 16.8 Å².